The second kappa shape index (κ2) is 5.83. The summed E-state index contributed by atoms with van der Waals surface area (Å²) in [6.45, 7) is 0.457. The number of hydrogen-bond acceptors (Lipinski definition) is 4. The lowest BCUT2D eigenvalue weighted by Crippen LogP contribution is -2.22. The number of benzene rings is 1. The minimum atomic E-state index is -0.151. The first-order chi connectivity index (χ1) is 10.1. The number of nitrogens with zero attached hydrogens (tertiary/aromatic N) is 1. The van der Waals surface area contributed by atoms with E-state index in [9.17, 15) is 4.79 Å². The van der Waals surface area contributed by atoms with E-state index >= 15 is 0 Å². The van der Waals surface area contributed by atoms with Gasteiger partial charge in [0.25, 0.3) is 5.91 Å². The van der Waals surface area contributed by atoms with Gasteiger partial charge in [-0.3, -0.25) is 9.78 Å². The molecule has 0 aliphatic heterocycles. The van der Waals surface area contributed by atoms with Crippen molar-refractivity contribution < 1.29 is 4.79 Å². The van der Waals surface area contributed by atoms with E-state index in [4.69, 9.17) is 5.73 Å². The molecule has 0 unspecified atom stereocenters. The normalized spacial score (nSPS) is 10.7. The molecule has 4 nitrogen and oxygen atoms in total. The van der Waals surface area contributed by atoms with E-state index in [0.29, 0.717) is 17.1 Å². The SMILES string of the molecule is Nc1c(C(=O)NCc2ccncc2)sc2cc(Br)ccc12. The Balaban J connectivity index is 1.83. The Bertz CT molecular complexity index is 801. The van der Waals surface area contributed by atoms with E-state index in [0.717, 1.165) is 20.1 Å². The number of aromatic nitrogens is 1. The molecule has 0 aliphatic carbocycles. The standard InChI is InChI=1S/C15H12BrN3OS/c16-10-1-2-11-12(7-10)21-14(13(11)17)15(20)19-8-9-3-5-18-6-4-9/h1-7H,8,17H2,(H,19,20). The van der Waals surface area contributed by atoms with Gasteiger partial charge in [0.15, 0.2) is 0 Å². The maximum absolute atomic E-state index is 12.3. The third kappa shape index (κ3) is 2.91. The summed E-state index contributed by atoms with van der Waals surface area (Å²) in [5, 5.41) is 3.80. The highest BCUT2D eigenvalue weighted by molar-refractivity contribution is 9.10. The van der Waals surface area contributed by atoms with E-state index in [-0.39, 0.29) is 5.91 Å². The van der Waals surface area contributed by atoms with Crippen LogP contribution in [0, 0.1) is 0 Å². The van der Waals surface area contributed by atoms with Crippen molar-refractivity contribution in [1.29, 1.82) is 0 Å². The quantitative estimate of drug-likeness (QED) is 0.749. The Labute approximate surface area is 134 Å². The highest BCUT2D eigenvalue weighted by Crippen LogP contribution is 2.35. The number of anilines is 1. The molecule has 106 valence electrons. The van der Waals surface area contributed by atoms with Gasteiger partial charge in [-0.1, -0.05) is 22.0 Å². The Kier molecular flexibility index (Phi) is 3.90. The predicted octanol–water partition coefficient (Wildman–Crippen LogP) is 3.57. The topological polar surface area (TPSA) is 68.0 Å². The van der Waals surface area contributed by atoms with Gasteiger partial charge in [0.1, 0.15) is 4.88 Å². The van der Waals surface area contributed by atoms with Gasteiger partial charge in [-0.05, 0) is 29.8 Å². The molecule has 0 radical (unpaired) electrons. The zero-order valence-electron chi connectivity index (χ0n) is 11.0. The van der Waals surface area contributed by atoms with Crippen LogP contribution in [0.25, 0.3) is 10.1 Å². The molecule has 0 fully saturated rings. The minimum Gasteiger partial charge on any atom is -0.397 e. The number of pyridine rings is 1. The molecule has 1 amide bonds. The number of rotatable bonds is 3. The zero-order chi connectivity index (χ0) is 14.8. The molecule has 3 aromatic rings. The average molecular weight is 362 g/mol. The molecule has 21 heavy (non-hydrogen) atoms. The Morgan fingerprint density at radius 1 is 1.29 bits per heavy atom. The third-order valence-electron chi connectivity index (χ3n) is 3.10. The van der Waals surface area contributed by atoms with Gasteiger partial charge in [0, 0.05) is 33.5 Å². The van der Waals surface area contributed by atoms with Crippen molar-refractivity contribution in [2.45, 2.75) is 6.54 Å². The number of fused-ring (bicyclic) bond motifs is 1. The molecule has 0 aliphatic rings. The molecule has 6 heteroatoms. The summed E-state index contributed by atoms with van der Waals surface area (Å²) in [5.74, 6) is -0.151. The van der Waals surface area contributed by atoms with Gasteiger partial charge < -0.3 is 11.1 Å². The zero-order valence-corrected chi connectivity index (χ0v) is 13.4. The first-order valence-electron chi connectivity index (χ1n) is 6.30. The third-order valence-corrected chi connectivity index (χ3v) is 4.76. The number of carbonyl (C=O) groups is 1. The van der Waals surface area contributed by atoms with Crippen LogP contribution < -0.4 is 11.1 Å². The van der Waals surface area contributed by atoms with Crippen molar-refractivity contribution in [2.75, 3.05) is 5.73 Å². The molecular weight excluding hydrogens is 350 g/mol. The van der Waals surface area contributed by atoms with Crippen LogP contribution in [-0.4, -0.2) is 10.9 Å². The van der Waals surface area contributed by atoms with Crippen LogP contribution >= 0.6 is 27.3 Å². The van der Waals surface area contributed by atoms with Gasteiger partial charge in [-0.25, -0.2) is 0 Å². The summed E-state index contributed by atoms with van der Waals surface area (Å²) in [7, 11) is 0. The number of nitrogens with one attached hydrogen (secondary N) is 1. The monoisotopic (exact) mass is 361 g/mol. The lowest BCUT2D eigenvalue weighted by atomic mass is 10.2. The Hall–Kier alpha value is -1.92. The number of nitrogens with two attached hydrogens (primary N) is 1. The van der Waals surface area contributed by atoms with Gasteiger partial charge in [-0.15, -0.1) is 11.3 Å². The molecule has 0 spiro atoms. The number of hydrogen-bond donors (Lipinski definition) is 2. The number of amides is 1. The highest BCUT2D eigenvalue weighted by atomic mass is 79.9. The maximum Gasteiger partial charge on any atom is 0.263 e. The van der Waals surface area contributed by atoms with E-state index in [2.05, 4.69) is 26.2 Å². The number of nitrogen functional groups attached to an aromatic ring is 1. The van der Waals surface area contributed by atoms with Gasteiger partial charge in [0.05, 0.1) is 5.69 Å². The highest BCUT2D eigenvalue weighted by Gasteiger charge is 2.16. The summed E-state index contributed by atoms with van der Waals surface area (Å²) in [4.78, 5) is 16.8. The van der Waals surface area contributed by atoms with Crippen LogP contribution in [0.1, 0.15) is 15.2 Å². The van der Waals surface area contributed by atoms with Crippen LogP contribution in [0.3, 0.4) is 0 Å². The van der Waals surface area contributed by atoms with Crippen molar-refractivity contribution >= 4 is 48.9 Å². The number of halogens is 1. The second-order valence-electron chi connectivity index (χ2n) is 4.52. The molecule has 0 saturated heterocycles. The van der Waals surface area contributed by atoms with Crippen molar-refractivity contribution in [3.63, 3.8) is 0 Å². The lowest BCUT2D eigenvalue weighted by Gasteiger charge is -2.04. The first kappa shape index (κ1) is 14.0. The predicted molar refractivity (Wildman–Crippen MR) is 89.3 cm³/mol. The molecule has 2 aromatic heterocycles. The minimum absolute atomic E-state index is 0.151. The molecule has 0 bridgehead atoms. The summed E-state index contributed by atoms with van der Waals surface area (Å²) >= 11 is 4.83. The summed E-state index contributed by atoms with van der Waals surface area (Å²) in [6.07, 6.45) is 3.40. The second-order valence-corrected chi connectivity index (χ2v) is 6.49. The van der Waals surface area contributed by atoms with E-state index in [1.54, 1.807) is 12.4 Å². The summed E-state index contributed by atoms with van der Waals surface area (Å²) < 4.78 is 1.97. The van der Waals surface area contributed by atoms with Gasteiger partial charge >= 0.3 is 0 Å². The fourth-order valence-electron chi connectivity index (χ4n) is 2.02. The van der Waals surface area contributed by atoms with Gasteiger partial charge in [0.2, 0.25) is 0 Å². The summed E-state index contributed by atoms with van der Waals surface area (Å²) in [5.41, 5.74) is 7.62. The van der Waals surface area contributed by atoms with E-state index in [1.165, 1.54) is 11.3 Å². The smallest absolute Gasteiger partial charge is 0.263 e. The van der Waals surface area contributed by atoms with Crippen molar-refractivity contribution in [2.24, 2.45) is 0 Å². The molecule has 3 N–H and O–H groups in total. The Morgan fingerprint density at radius 3 is 2.81 bits per heavy atom. The molecule has 0 saturated carbocycles. The fourth-order valence-corrected chi connectivity index (χ4v) is 3.61. The van der Waals surface area contributed by atoms with Crippen LogP contribution in [0.2, 0.25) is 0 Å². The van der Waals surface area contributed by atoms with Gasteiger partial charge in [-0.2, -0.15) is 0 Å². The first-order valence-corrected chi connectivity index (χ1v) is 7.91. The lowest BCUT2D eigenvalue weighted by molar-refractivity contribution is 0.0956. The van der Waals surface area contributed by atoms with E-state index < -0.39 is 0 Å². The molecule has 3 rings (SSSR count). The van der Waals surface area contributed by atoms with Crippen molar-refractivity contribution in [3.8, 4) is 0 Å². The number of thiophene rings is 1. The van der Waals surface area contributed by atoms with Crippen molar-refractivity contribution in [3.05, 3.63) is 57.6 Å². The Morgan fingerprint density at radius 2 is 2.05 bits per heavy atom. The largest absolute Gasteiger partial charge is 0.397 e. The molecule has 0 atom stereocenters. The number of carbonyl (C=O) groups excluding carboxylic acids is 1. The van der Waals surface area contributed by atoms with Crippen LogP contribution in [0.5, 0.6) is 0 Å². The molecular formula is C15H12BrN3OS. The fraction of sp³-hybridized carbons (Fsp3) is 0.0667. The van der Waals surface area contributed by atoms with Crippen molar-refractivity contribution in [1.82, 2.24) is 10.3 Å². The van der Waals surface area contributed by atoms with Crippen LogP contribution in [-0.2, 0) is 6.54 Å². The molecule has 1 aromatic carbocycles. The average Bonchev–Trinajstić information content (AvgIpc) is 2.82. The van der Waals surface area contributed by atoms with E-state index in [1.807, 2.05) is 30.3 Å². The van der Waals surface area contributed by atoms with Crippen LogP contribution in [0.15, 0.2) is 47.2 Å². The maximum atomic E-state index is 12.3. The summed E-state index contributed by atoms with van der Waals surface area (Å²) in [6, 6.07) is 9.54. The van der Waals surface area contributed by atoms with Crippen LogP contribution in [0.4, 0.5) is 5.69 Å². The molecule has 2 heterocycles.